The SMILES string of the molecule is COc1ccc(C2=CC3=S(S2)SC(c2ccccc2)=C3c2ccccc2)cc1. The standard InChI is InChI=1S/C24H18OS3/c1-25-20-14-12-17(13-15-20)21-16-22-23(18-8-4-2-5-9-18)24(27-28(22)26-21)19-10-6-3-7-11-19/h2-16H,1H3. The summed E-state index contributed by atoms with van der Waals surface area (Å²) in [5.74, 6) is 0.897. The first kappa shape index (κ1) is 17.9. The molecule has 138 valence electrons. The molecule has 1 unspecified atom stereocenters. The number of hydrogen-bond donors (Lipinski definition) is 0. The second-order valence-corrected chi connectivity index (χ2v) is 12.2. The molecule has 0 spiro atoms. The van der Waals surface area contributed by atoms with Gasteiger partial charge in [-0.25, -0.2) is 0 Å². The lowest BCUT2D eigenvalue weighted by molar-refractivity contribution is 0.415. The van der Waals surface area contributed by atoms with Crippen molar-refractivity contribution >= 4 is 50.4 Å². The summed E-state index contributed by atoms with van der Waals surface area (Å²) < 4.78 is 5.30. The molecule has 2 aliphatic rings. The highest BCUT2D eigenvalue weighted by atomic mass is 33.5. The Morgan fingerprint density at radius 1 is 0.679 bits per heavy atom. The van der Waals surface area contributed by atoms with Crippen LogP contribution in [0.4, 0.5) is 0 Å². The summed E-state index contributed by atoms with van der Waals surface area (Å²) >= 11 is 0. The summed E-state index contributed by atoms with van der Waals surface area (Å²) in [7, 11) is 5.77. The molecule has 0 N–H and O–H groups in total. The molecule has 3 aromatic carbocycles. The normalized spacial score (nSPS) is 18.2. The lowest BCUT2D eigenvalue weighted by Crippen LogP contribution is -1.96. The molecule has 0 bridgehead atoms. The van der Waals surface area contributed by atoms with Crippen LogP contribution in [0.2, 0.25) is 0 Å². The van der Waals surface area contributed by atoms with Crippen molar-refractivity contribution in [2.45, 2.75) is 0 Å². The second-order valence-electron chi connectivity index (χ2n) is 6.44. The Kier molecular flexibility index (Phi) is 4.93. The molecule has 0 aliphatic carbocycles. The number of rotatable bonds is 4. The summed E-state index contributed by atoms with van der Waals surface area (Å²) in [6.07, 6.45) is 2.39. The molecule has 5 rings (SSSR count). The van der Waals surface area contributed by atoms with Crippen LogP contribution >= 0.6 is 30.1 Å². The van der Waals surface area contributed by atoms with Crippen molar-refractivity contribution in [1.82, 2.24) is 0 Å². The van der Waals surface area contributed by atoms with E-state index in [0.29, 0.717) is 0 Å². The molecule has 4 heteroatoms. The highest BCUT2D eigenvalue weighted by Gasteiger charge is 2.31. The Morgan fingerprint density at radius 3 is 1.96 bits per heavy atom. The van der Waals surface area contributed by atoms with Crippen molar-refractivity contribution in [3.63, 3.8) is 0 Å². The Hall–Kier alpha value is -2.14. The van der Waals surface area contributed by atoms with Crippen LogP contribution < -0.4 is 4.74 Å². The first-order valence-corrected chi connectivity index (χ1v) is 12.9. The van der Waals surface area contributed by atoms with Gasteiger partial charge < -0.3 is 4.74 Å². The fourth-order valence-corrected chi connectivity index (χ4v) is 10.4. The van der Waals surface area contributed by atoms with Gasteiger partial charge in [0.1, 0.15) is 5.75 Å². The Bertz CT molecular complexity index is 1110. The molecule has 1 atom stereocenters. The van der Waals surface area contributed by atoms with E-state index in [1.807, 2.05) is 33.7 Å². The molecule has 1 nitrogen and oxygen atoms in total. The number of benzene rings is 3. The van der Waals surface area contributed by atoms with E-state index < -0.39 is 0 Å². The quantitative estimate of drug-likeness (QED) is 0.323. The maximum atomic E-state index is 5.30. The van der Waals surface area contributed by atoms with Gasteiger partial charge in [-0.05, 0) is 34.9 Å². The van der Waals surface area contributed by atoms with Crippen LogP contribution in [-0.4, -0.2) is 12.0 Å². The monoisotopic (exact) mass is 418 g/mol. The molecule has 0 saturated carbocycles. The van der Waals surface area contributed by atoms with E-state index in [1.165, 1.54) is 36.9 Å². The number of methoxy groups -OCH3 is 1. The molecule has 3 aromatic rings. The zero-order valence-corrected chi connectivity index (χ0v) is 17.7. The summed E-state index contributed by atoms with van der Waals surface area (Å²) in [5.41, 5.74) is 5.25. The smallest absolute Gasteiger partial charge is 0.118 e. The van der Waals surface area contributed by atoms with Crippen molar-refractivity contribution in [2.75, 3.05) is 7.11 Å². The summed E-state index contributed by atoms with van der Waals surface area (Å²) in [6, 6.07) is 29.9. The number of allylic oxidation sites excluding steroid dienone is 2. The first-order valence-electron chi connectivity index (χ1n) is 9.03. The molecule has 28 heavy (non-hydrogen) atoms. The fourth-order valence-electron chi connectivity index (χ4n) is 3.31. The summed E-state index contributed by atoms with van der Waals surface area (Å²) in [6.45, 7) is 0. The van der Waals surface area contributed by atoms with Gasteiger partial charge in [0, 0.05) is 20.2 Å². The Labute approximate surface area is 175 Å². The van der Waals surface area contributed by atoms with E-state index in [4.69, 9.17) is 4.74 Å². The van der Waals surface area contributed by atoms with Gasteiger partial charge in [-0.15, -0.1) is 0 Å². The molecule has 2 aliphatic heterocycles. The third-order valence-corrected chi connectivity index (χ3v) is 11.1. The van der Waals surface area contributed by atoms with Crippen LogP contribution in [0.1, 0.15) is 16.7 Å². The minimum Gasteiger partial charge on any atom is -0.497 e. The number of hydrogen-bond acceptors (Lipinski definition) is 3. The zero-order valence-electron chi connectivity index (χ0n) is 15.3. The van der Waals surface area contributed by atoms with Crippen molar-refractivity contribution in [1.29, 1.82) is 0 Å². The van der Waals surface area contributed by atoms with E-state index in [0.717, 1.165) is 5.75 Å². The topological polar surface area (TPSA) is 9.23 Å². The molecular weight excluding hydrogens is 400 g/mol. The predicted octanol–water partition coefficient (Wildman–Crippen LogP) is 7.37. The van der Waals surface area contributed by atoms with Gasteiger partial charge in [0.25, 0.3) is 0 Å². The maximum absolute atomic E-state index is 5.30. The van der Waals surface area contributed by atoms with Crippen LogP contribution in [0.15, 0.2) is 91.0 Å². The van der Waals surface area contributed by atoms with Gasteiger partial charge in [-0.2, -0.15) is 0 Å². The Morgan fingerprint density at radius 2 is 1.32 bits per heavy atom. The van der Waals surface area contributed by atoms with Gasteiger partial charge >= 0.3 is 0 Å². The predicted molar refractivity (Wildman–Crippen MR) is 128 cm³/mol. The lowest BCUT2D eigenvalue weighted by atomic mass is 9.98. The third kappa shape index (κ3) is 3.26. The van der Waals surface area contributed by atoms with Crippen molar-refractivity contribution in [2.24, 2.45) is 0 Å². The highest BCUT2D eigenvalue weighted by Crippen LogP contribution is 2.66. The molecule has 0 radical (unpaired) electrons. The fraction of sp³-hybridized carbons (Fsp3) is 0.0417. The molecule has 0 saturated heterocycles. The van der Waals surface area contributed by atoms with Gasteiger partial charge in [0.15, 0.2) is 0 Å². The van der Waals surface area contributed by atoms with Crippen LogP contribution in [0, 0.1) is 0 Å². The van der Waals surface area contributed by atoms with Crippen LogP contribution in [0.3, 0.4) is 0 Å². The summed E-state index contributed by atoms with van der Waals surface area (Å²) in [4.78, 5) is 4.18. The summed E-state index contributed by atoms with van der Waals surface area (Å²) in [5, 5.41) is 0. The average Bonchev–Trinajstić information content (AvgIpc) is 3.33. The highest BCUT2D eigenvalue weighted by molar-refractivity contribution is 9.19. The zero-order chi connectivity index (χ0) is 18.9. The molecule has 0 aromatic heterocycles. The van der Waals surface area contributed by atoms with Gasteiger partial charge in [0.05, 0.1) is 7.11 Å². The lowest BCUT2D eigenvalue weighted by Gasteiger charge is -2.11. The average molecular weight is 419 g/mol. The van der Waals surface area contributed by atoms with E-state index in [2.05, 4.69) is 78.9 Å². The van der Waals surface area contributed by atoms with E-state index >= 15 is 0 Å². The van der Waals surface area contributed by atoms with E-state index in [-0.39, 0.29) is 8.55 Å². The molecule has 0 fully saturated rings. The molecular formula is C24H18OS3. The first-order chi connectivity index (χ1) is 13.8. The van der Waals surface area contributed by atoms with Gasteiger partial charge in [-0.3, -0.25) is 0 Å². The van der Waals surface area contributed by atoms with Crippen LogP contribution in [0.5, 0.6) is 5.75 Å². The Balaban J connectivity index is 1.59. The maximum Gasteiger partial charge on any atom is 0.118 e. The van der Waals surface area contributed by atoms with Gasteiger partial charge in [0.2, 0.25) is 0 Å². The van der Waals surface area contributed by atoms with Gasteiger partial charge in [-0.1, -0.05) is 103 Å². The van der Waals surface area contributed by atoms with Crippen molar-refractivity contribution < 1.29 is 4.74 Å². The second kappa shape index (κ2) is 7.70. The largest absolute Gasteiger partial charge is 0.497 e. The minimum atomic E-state index is 0.0853. The van der Waals surface area contributed by atoms with Crippen molar-refractivity contribution in [3.05, 3.63) is 108 Å². The van der Waals surface area contributed by atoms with E-state index in [9.17, 15) is 0 Å². The number of ether oxygens (including phenoxy) is 1. The van der Waals surface area contributed by atoms with Crippen LogP contribution in [0.25, 0.3) is 15.4 Å². The van der Waals surface area contributed by atoms with E-state index in [1.54, 1.807) is 7.11 Å². The van der Waals surface area contributed by atoms with Crippen molar-refractivity contribution in [3.8, 4) is 5.75 Å². The van der Waals surface area contributed by atoms with Crippen LogP contribution in [-0.2, 0) is 0 Å². The molecule has 2 heterocycles. The minimum absolute atomic E-state index is 0.0853. The third-order valence-electron chi connectivity index (χ3n) is 4.71. The molecule has 0 amide bonds.